The molecule has 0 amide bonds. The summed E-state index contributed by atoms with van der Waals surface area (Å²) in [5.41, 5.74) is 2.97. The first-order chi connectivity index (χ1) is 6.07. The van der Waals surface area contributed by atoms with E-state index in [2.05, 4.69) is 0 Å². The highest BCUT2D eigenvalue weighted by Gasteiger charge is 2.10. The second-order valence-electron chi connectivity index (χ2n) is 3.15. The summed E-state index contributed by atoms with van der Waals surface area (Å²) < 4.78 is 0. The van der Waals surface area contributed by atoms with E-state index in [0.717, 1.165) is 17.4 Å². The third-order valence-corrected chi connectivity index (χ3v) is 2.19. The van der Waals surface area contributed by atoms with Crippen LogP contribution in [0.25, 0.3) is 0 Å². The topological polar surface area (TPSA) is 34.1 Å². The molecule has 0 fully saturated rings. The van der Waals surface area contributed by atoms with Gasteiger partial charge in [-0.2, -0.15) is 0 Å². The molecule has 0 aromatic heterocycles. The van der Waals surface area contributed by atoms with Crippen LogP contribution in [-0.4, -0.2) is 12.1 Å². The van der Waals surface area contributed by atoms with Crippen molar-refractivity contribution in [3.8, 4) is 0 Å². The molecule has 0 N–H and O–H groups in total. The van der Waals surface area contributed by atoms with Crippen LogP contribution in [-0.2, 0) is 0 Å². The molecule has 0 saturated heterocycles. The molecule has 0 aliphatic carbocycles. The molecule has 13 heavy (non-hydrogen) atoms. The van der Waals surface area contributed by atoms with Crippen LogP contribution < -0.4 is 0 Å². The van der Waals surface area contributed by atoms with Gasteiger partial charge in [-0.05, 0) is 31.9 Å². The van der Waals surface area contributed by atoms with Crippen LogP contribution in [0.1, 0.15) is 38.8 Å². The predicted molar refractivity (Wildman–Crippen MR) is 51.3 cm³/mol. The third-order valence-electron chi connectivity index (χ3n) is 2.19. The Hall–Kier alpha value is -1.44. The van der Waals surface area contributed by atoms with E-state index in [1.807, 2.05) is 6.92 Å². The SMILES string of the molecule is CC(=O)c1c(C)ccc(C=O)c1C. The second kappa shape index (κ2) is 3.52. The van der Waals surface area contributed by atoms with Crippen LogP contribution in [0.4, 0.5) is 0 Å². The predicted octanol–water partition coefficient (Wildman–Crippen LogP) is 2.32. The summed E-state index contributed by atoms with van der Waals surface area (Å²) in [5.74, 6) is 0.0127. The maximum Gasteiger partial charge on any atom is 0.160 e. The van der Waals surface area contributed by atoms with Crippen molar-refractivity contribution in [2.24, 2.45) is 0 Å². The zero-order valence-electron chi connectivity index (χ0n) is 8.05. The Kier molecular flexibility index (Phi) is 2.61. The zero-order valence-corrected chi connectivity index (χ0v) is 8.05. The van der Waals surface area contributed by atoms with Crippen molar-refractivity contribution in [2.75, 3.05) is 0 Å². The lowest BCUT2D eigenvalue weighted by Gasteiger charge is -2.07. The highest BCUT2D eigenvalue weighted by atomic mass is 16.1. The molecule has 0 unspecified atom stereocenters. The van der Waals surface area contributed by atoms with Gasteiger partial charge < -0.3 is 0 Å². The average molecular weight is 176 g/mol. The summed E-state index contributed by atoms with van der Waals surface area (Å²) in [5, 5.41) is 0. The number of rotatable bonds is 2. The van der Waals surface area contributed by atoms with E-state index in [9.17, 15) is 9.59 Å². The number of hydrogen-bond donors (Lipinski definition) is 0. The highest BCUT2D eigenvalue weighted by Crippen LogP contribution is 2.17. The monoisotopic (exact) mass is 176 g/mol. The Balaban J connectivity index is 3.47. The molecule has 0 aliphatic heterocycles. The van der Waals surface area contributed by atoms with Crippen LogP contribution in [0.15, 0.2) is 12.1 Å². The van der Waals surface area contributed by atoms with Gasteiger partial charge in [-0.25, -0.2) is 0 Å². The van der Waals surface area contributed by atoms with Crippen molar-refractivity contribution in [1.29, 1.82) is 0 Å². The maximum atomic E-state index is 11.2. The molecular formula is C11H12O2. The normalized spacial score (nSPS) is 9.77. The number of carbonyl (C=O) groups excluding carboxylic acids is 2. The quantitative estimate of drug-likeness (QED) is 0.512. The van der Waals surface area contributed by atoms with Crippen molar-refractivity contribution in [1.82, 2.24) is 0 Å². The van der Waals surface area contributed by atoms with E-state index >= 15 is 0 Å². The molecule has 0 bridgehead atoms. The van der Waals surface area contributed by atoms with E-state index in [0.29, 0.717) is 11.1 Å². The maximum absolute atomic E-state index is 11.2. The van der Waals surface area contributed by atoms with E-state index in [1.165, 1.54) is 6.92 Å². The van der Waals surface area contributed by atoms with Gasteiger partial charge in [-0.1, -0.05) is 12.1 Å². The minimum atomic E-state index is 0.0127. The molecule has 68 valence electrons. The first-order valence-electron chi connectivity index (χ1n) is 4.14. The molecule has 0 saturated carbocycles. The van der Waals surface area contributed by atoms with Crippen LogP contribution in [0.3, 0.4) is 0 Å². The van der Waals surface area contributed by atoms with Crippen LogP contribution in [0.5, 0.6) is 0 Å². The molecule has 2 heteroatoms. The Bertz CT molecular complexity index is 365. The number of aldehydes is 1. The number of hydrogen-bond acceptors (Lipinski definition) is 2. The van der Waals surface area contributed by atoms with Gasteiger partial charge in [0.25, 0.3) is 0 Å². The fourth-order valence-corrected chi connectivity index (χ4v) is 1.53. The lowest BCUT2D eigenvalue weighted by atomic mass is 9.96. The standard InChI is InChI=1S/C11H12O2/c1-7-4-5-10(6-12)8(2)11(7)9(3)13/h4-6H,1-3H3. The number of benzene rings is 1. The van der Waals surface area contributed by atoms with Crippen LogP contribution in [0, 0.1) is 13.8 Å². The van der Waals surface area contributed by atoms with Gasteiger partial charge in [0.1, 0.15) is 6.29 Å². The Morgan fingerprint density at radius 1 is 1.31 bits per heavy atom. The van der Waals surface area contributed by atoms with Crippen molar-refractivity contribution in [2.45, 2.75) is 20.8 Å². The number of carbonyl (C=O) groups is 2. The fourth-order valence-electron chi connectivity index (χ4n) is 1.53. The number of ketones is 1. The minimum absolute atomic E-state index is 0.0127. The van der Waals surface area contributed by atoms with E-state index < -0.39 is 0 Å². The van der Waals surface area contributed by atoms with Gasteiger partial charge in [0.15, 0.2) is 5.78 Å². The van der Waals surface area contributed by atoms with Crippen molar-refractivity contribution in [3.05, 3.63) is 34.4 Å². The summed E-state index contributed by atoms with van der Waals surface area (Å²) in [7, 11) is 0. The minimum Gasteiger partial charge on any atom is -0.298 e. The molecule has 2 nitrogen and oxygen atoms in total. The molecule has 0 radical (unpaired) electrons. The second-order valence-corrected chi connectivity index (χ2v) is 3.15. The van der Waals surface area contributed by atoms with E-state index in [4.69, 9.17) is 0 Å². The Morgan fingerprint density at radius 2 is 1.92 bits per heavy atom. The lowest BCUT2D eigenvalue weighted by Crippen LogP contribution is -2.02. The van der Waals surface area contributed by atoms with E-state index in [-0.39, 0.29) is 5.78 Å². The molecule has 1 aromatic rings. The first-order valence-corrected chi connectivity index (χ1v) is 4.14. The highest BCUT2D eigenvalue weighted by molar-refractivity contribution is 5.99. The first kappa shape index (κ1) is 9.65. The largest absolute Gasteiger partial charge is 0.298 e. The number of Topliss-reactive ketones (excluding diaryl/α,β-unsaturated/α-hetero) is 1. The molecular weight excluding hydrogens is 164 g/mol. The Labute approximate surface area is 77.6 Å². The van der Waals surface area contributed by atoms with Crippen molar-refractivity contribution in [3.63, 3.8) is 0 Å². The number of aryl methyl sites for hydroxylation is 1. The summed E-state index contributed by atoms with van der Waals surface area (Å²) >= 11 is 0. The van der Waals surface area contributed by atoms with Gasteiger partial charge in [0.05, 0.1) is 0 Å². The summed E-state index contributed by atoms with van der Waals surface area (Å²) in [4.78, 5) is 21.8. The van der Waals surface area contributed by atoms with Crippen LogP contribution >= 0.6 is 0 Å². The van der Waals surface area contributed by atoms with E-state index in [1.54, 1.807) is 19.1 Å². The lowest BCUT2D eigenvalue weighted by molar-refractivity contribution is 0.101. The molecule has 0 spiro atoms. The molecule has 0 aliphatic rings. The van der Waals surface area contributed by atoms with Crippen molar-refractivity contribution >= 4 is 12.1 Å². The third kappa shape index (κ3) is 1.66. The van der Waals surface area contributed by atoms with Gasteiger partial charge in [-0.3, -0.25) is 9.59 Å². The van der Waals surface area contributed by atoms with Gasteiger partial charge in [0.2, 0.25) is 0 Å². The summed E-state index contributed by atoms with van der Waals surface area (Å²) in [6.07, 6.45) is 0.779. The summed E-state index contributed by atoms with van der Waals surface area (Å²) in [6.45, 7) is 5.19. The molecule has 0 heterocycles. The fraction of sp³-hybridized carbons (Fsp3) is 0.273. The smallest absolute Gasteiger partial charge is 0.160 e. The average Bonchev–Trinajstić information content (AvgIpc) is 2.04. The van der Waals surface area contributed by atoms with Crippen molar-refractivity contribution < 1.29 is 9.59 Å². The van der Waals surface area contributed by atoms with Gasteiger partial charge >= 0.3 is 0 Å². The Morgan fingerprint density at radius 3 is 2.38 bits per heavy atom. The van der Waals surface area contributed by atoms with Crippen LogP contribution in [0.2, 0.25) is 0 Å². The zero-order chi connectivity index (χ0) is 10.0. The molecule has 1 aromatic carbocycles. The van der Waals surface area contributed by atoms with Gasteiger partial charge in [-0.15, -0.1) is 0 Å². The molecule has 1 rings (SSSR count). The van der Waals surface area contributed by atoms with Gasteiger partial charge in [0, 0.05) is 11.1 Å². The summed E-state index contributed by atoms with van der Waals surface area (Å²) in [6, 6.07) is 3.54. The molecule has 0 atom stereocenters.